The van der Waals surface area contributed by atoms with Crippen molar-refractivity contribution in [1.82, 2.24) is 0 Å². The molecule has 0 bridgehead atoms. The van der Waals surface area contributed by atoms with E-state index in [0.717, 1.165) is 5.75 Å². The predicted octanol–water partition coefficient (Wildman–Crippen LogP) is 2.27. The summed E-state index contributed by atoms with van der Waals surface area (Å²) in [7, 11) is 0. The van der Waals surface area contributed by atoms with Crippen LogP contribution < -0.4 is 0 Å². The Bertz CT molecular complexity index is 48.1. The highest BCUT2D eigenvalue weighted by atomic mass is 32.1. The molecule has 0 amide bonds. The van der Waals surface area contributed by atoms with Crippen LogP contribution in [0.3, 0.4) is 0 Å². The molecule has 0 heterocycles. The number of hydrogen-bond acceptors (Lipinski definition) is 1. The average molecular weight is 116 g/mol. The topological polar surface area (TPSA) is 0 Å². The van der Waals surface area contributed by atoms with Crippen molar-refractivity contribution in [3.05, 3.63) is 12.2 Å². The lowest BCUT2D eigenvalue weighted by molar-refractivity contribution is 0.973. The summed E-state index contributed by atoms with van der Waals surface area (Å²) in [5.74, 6) is 1.00. The molecule has 7 heavy (non-hydrogen) atoms. The van der Waals surface area contributed by atoms with E-state index < -0.39 is 0 Å². The fourth-order valence-corrected chi connectivity index (χ4v) is 0.558. The molecule has 0 aromatic rings. The van der Waals surface area contributed by atoms with Gasteiger partial charge in [-0.05, 0) is 25.5 Å². The van der Waals surface area contributed by atoms with Gasteiger partial charge in [0.2, 0.25) is 0 Å². The third kappa shape index (κ3) is 6.09. The maximum Gasteiger partial charge on any atom is -0.00950 e. The molecule has 0 unspecified atom stereocenters. The minimum Gasteiger partial charge on any atom is -0.179 e. The van der Waals surface area contributed by atoms with Gasteiger partial charge in [0, 0.05) is 0 Å². The van der Waals surface area contributed by atoms with Crippen LogP contribution in [0.1, 0.15) is 19.8 Å². The normalized spacial score (nSPS) is 10.6. The van der Waals surface area contributed by atoms with Gasteiger partial charge in [0.1, 0.15) is 0 Å². The van der Waals surface area contributed by atoms with Crippen molar-refractivity contribution in [2.75, 3.05) is 5.75 Å². The summed E-state index contributed by atoms with van der Waals surface area (Å²) in [5.41, 5.74) is 0. The first-order chi connectivity index (χ1) is 3.41. The maximum absolute atomic E-state index is 4.06. The van der Waals surface area contributed by atoms with Crippen LogP contribution in [-0.4, -0.2) is 5.75 Å². The van der Waals surface area contributed by atoms with Crippen LogP contribution in [0, 0.1) is 0 Å². The quantitative estimate of drug-likeness (QED) is 0.326. The van der Waals surface area contributed by atoms with Crippen LogP contribution in [0.5, 0.6) is 0 Å². The van der Waals surface area contributed by atoms with E-state index in [9.17, 15) is 0 Å². The van der Waals surface area contributed by atoms with Crippen molar-refractivity contribution in [2.24, 2.45) is 0 Å². The molecular formula is C6H12S. The van der Waals surface area contributed by atoms with Gasteiger partial charge in [-0.15, -0.1) is 0 Å². The Morgan fingerprint density at radius 1 is 1.57 bits per heavy atom. The molecule has 0 aromatic heterocycles. The van der Waals surface area contributed by atoms with Crippen molar-refractivity contribution in [3.8, 4) is 0 Å². The first kappa shape index (κ1) is 7.09. The summed E-state index contributed by atoms with van der Waals surface area (Å²) in [6, 6.07) is 0. The van der Waals surface area contributed by atoms with Crippen molar-refractivity contribution >= 4 is 12.6 Å². The van der Waals surface area contributed by atoms with Gasteiger partial charge in [-0.2, -0.15) is 12.6 Å². The van der Waals surface area contributed by atoms with Crippen molar-refractivity contribution in [1.29, 1.82) is 0 Å². The van der Waals surface area contributed by atoms with Crippen LogP contribution in [-0.2, 0) is 0 Å². The third-order valence-electron chi connectivity index (χ3n) is 0.765. The molecule has 0 aliphatic carbocycles. The SMILES string of the molecule is CC=CCCCS. The Morgan fingerprint density at radius 2 is 2.29 bits per heavy atom. The third-order valence-corrected chi connectivity index (χ3v) is 1.08. The van der Waals surface area contributed by atoms with Gasteiger partial charge in [0.25, 0.3) is 0 Å². The number of hydrogen-bond donors (Lipinski definition) is 1. The zero-order valence-corrected chi connectivity index (χ0v) is 5.62. The van der Waals surface area contributed by atoms with Gasteiger partial charge >= 0.3 is 0 Å². The molecule has 0 spiro atoms. The van der Waals surface area contributed by atoms with Gasteiger partial charge in [-0.25, -0.2) is 0 Å². The number of unbranched alkanes of at least 4 members (excludes halogenated alkanes) is 1. The highest BCUT2D eigenvalue weighted by Crippen LogP contribution is 1.91. The minimum absolute atomic E-state index is 1.00. The van der Waals surface area contributed by atoms with E-state index in [0.29, 0.717) is 0 Å². The van der Waals surface area contributed by atoms with Gasteiger partial charge < -0.3 is 0 Å². The van der Waals surface area contributed by atoms with E-state index in [-0.39, 0.29) is 0 Å². The highest BCUT2D eigenvalue weighted by molar-refractivity contribution is 7.80. The Balaban J connectivity index is 2.69. The molecule has 1 heteroatoms. The minimum atomic E-state index is 1.00. The Morgan fingerprint density at radius 3 is 2.71 bits per heavy atom. The van der Waals surface area contributed by atoms with E-state index in [4.69, 9.17) is 0 Å². The molecule has 0 aromatic carbocycles. The zero-order chi connectivity index (χ0) is 5.54. The second-order valence-corrected chi connectivity index (χ2v) is 1.88. The van der Waals surface area contributed by atoms with E-state index >= 15 is 0 Å². The molecular weight excluding hydrogens is 104 g/mol. The fourth-order valence-electron chi connectivity index (χ4n) is 0.376. The van der Waals surface area contributed by atoms with Crippen molar-refractivity contribution in [3.63, 3.8) is 0 Å². The Hall–Kier alpha value is 0.0900. The van der Waals surface area contributed by atoms with E-state index in [1.807, 2.05) is 6.92 Å². The highest BCUT2D eigenvalue weighted by Gasteiger charge is 1.73. The van der Waals surface area contributed by atoms with Crippen LogP contribution in [0.15, 0.2) is 12.2 Å². The summed E-state index contributed by atoms with van der Waals surface area (Å²) in [6.07, 6.45) is 6.62. The zero-order valence-electron chi connectivity index (χ0n) is 4.72. The molecule has 0 radical (unpaired) electrons. The van der Waals surface area contributed by atoms with Crippen molar-refractivity contribution in [2.45, 2.75) is 19.8 Å². The smallest absolute Gasteiger partial charge is 0.00950 e. The molecule has 0 saturated carbocycles. The first-order valence-electron chi connectivity index (χ1n) is 2.64. The van der Waals surface area contributed by atoms with Crippen molar-refractivity contribution < 1.29 is 0 Å². The van der Waals surface area contributed by atoms with E-state index in [2.05, 4.69) is 24.8 Å². The standard InChI is InChI=1S/C6H12S/c1-2-3-4-5-6-7/h2-3,7H,4-6H2,1H3. The largest absolute Gasteiger partial charge is 0.179 e. The molecule has 0 rings (SSSR count). The molecule has 0 N–H and O–H groups in total. The van der Waals surface area contributed by atoms with Gasteiger partial charge in [0.15, 0.2) is 0 Å². The van der Waals surface area contributed by atoms with Gasteiger partial charge in [0.05, 0.1) is 0 Å². The van der Waals surface area contributed by atoms with Crippen LogP contribution in [0.2, 0.25) is 0 Å². The summed E-state index contributed by atoms with van der Waals surface area (Å²) in [6.45, 7) is 2.04. The van der Waals surface area contributed by atoms with E-state index in [1.54, 1.807) is 0 Å². The predicted molar refractivity (Wildman–Crippen MR) is 37.9 cm³/mol. The molecule has 42 valence electrons. The van der Waals surface area contributed by atoms with Gasteiger partial charge in [-0.1, -0.05) is 12.2 Å². The lowest BCUT2D eigenvalue weighted by atomic mass is 10.3. The summed E-state index contributed by atoms with van der Waals surface area (Å²) < 4.78 is 0. The number of allylic oxidation sites excluding steroid dienone is 2. The van der Waals surface area contributed by atoms with Crippen LogP contribution in [0.4, 0.5) is 0 Å². The second kappa shape index (κ2) is 6.09. The average Bonchev–Trinajstić information content (AvgIpc) is 1.69. The summed E-state index contributed by atoms with van der Waals surface area (Å²) in [4.78, 5) is 0. The molecule has 0 saturated heterocycles. The molecule has 0 atom stereocenters. The molecule has 0 aliphatic heterocycles. The first-order valence-corrected chi connectivity index (χ1v) is 3.27. The van der Waals surface area contributed by atoms with Gasteiger partial charge in [-0.3, -0.25) is 0 Å². The lowest BCUT2D eigenvalue weighted by Crippen LogP contribution is -1.68. The molecule has 0 aliphatic rings. The van der Waals surface area contributed by atoms with E-state index in [1.165, 1.54) is 12.8 Å². The number of thiol groups is 1. The Labute approximate surface area is 51.0 Å². The fraction of sp³-hybridized carbons (Fsp3) is 0.667. The van der Waals surface area contributed by atoms with Crippen LogP contribution >= 0.6 is 12.6 Å². The lowest BCUT2D eigenvalue weighted by Gasteiger charge is -1.83. The maximum atomic E-state index is 4.06. The Kier molecular flexibility index (Phi) is 6.17. The second-order valence-electron chi connectivity index (χ2n) is 1.43. The summed E-state index contributed by atoms with van der Waals surface area (Å²) in [5, 5.41) is 0. The van der Waals surface area contributed by atoms with Crippen LogP contribution in [0.25, 0.3) is 0 Å². The molecule has 0 nitrogen and oxygen atoms in total. The summed E-state index contributed by atoms with van der Waals surface area (Å²) >= 11 is 4.06. The number of rotatable bonds is 3. The monoisotopic (exact) mass is 116 g/mol. The molecule has 0 fully saturated rings.